The second-order valence-corrected chi connectivity index (χ2v) is 5.04. The van der Waals surface area contributed by atoms with Crippen LogP contribution in [-0.4, -0.2) is 30.5 Å². The molecular weight excluding hydrogens is 252 g/mol. The van der Waals surface area contributed by atoms with Gasteiger partial charge in [-0.2, -0.15) is 0 Å². The van der Waals surface area contributed by atoms with Gasteiger partial charge in [0.2, 0.25) is 0 Å². The Labute approximate surface area is 112 Å². The quantitative estimate of drug-likeness (QED) is 0.854. The van der Waals surface area contributed by atoms with E-state index in [0.717, 1.165) is 19.4 Å². The first kappa shape index (κ1) is 13.3. The highest BCUT2D eigenvalue weighted by Crippen LogP contribution is 2.20. The summed E-state index contributed by atoms with van der Waals surface area (Å²) in [6.45, 7) is 1.98. The molecule has 2 rings (SSSR count). The van der Waals surface area contributed by atoms with Crippen LogP contribution in [-0.2, 0) is 4.84 Å². The molecule has 4 nitrogen and oxygen atoms in total. The van der Waals surface area contributed by atoms with Gasteiger partial charge in [-0.25, -0.2) is 5.90 Å². The van der Waals surface area contributed by atoms with Gasteiger partial charge in [0.05, 0.1) is 6.61 Å². The van der Waals surface area contributed by atoms with E-state index in [0.29, 0.717) is 29.7 Å². The van der Waals surface area contributed by atoms with E-state index in [1.54, 1.807) is 24.3 Å². The molecule has 1 amide bonds. The number of likely N-dealkylation sites (tertiary alicyclic amines) is 1. The first-order chi connectivity index (χ1) is 8.70. The first-order valence-electron chi connectivity index (χ1n) is 6.07. The second-order valence-electron chi connectivity index (χ2n) is 4.60. The summed E-state index contributed by atoms with van der Waals surface area (Å²) >= 11 is 5.90. The standard InChI is InChI=1S/C13H17ClN2O2/c14-12-5-1-4-11(7-12)13(17)16-6-2-3-10(8-16)9-18-15/h1,4-5,7,10H,2-3,6,8-9,15H2. The normalized spacial score (nSPS) is 19.9. The van der Waals surface area contributed by atoms with Gasteiger partial charge in [-0.1, -0.05) is 17.7 Å². The van der Waals surface area contributed by atoms with E-state index < -0.39 is 0 Å². The van der Waals surface area contributed by atoms with Crippen molar-refractivity contribution in [3.8, 4) is 0 Å². The first-order valence-corrected chi connectivity index (χ1v) is 6.45. The third-order valence-corrected chi connectivity index (χ3v) is 3.44. The molecule has 5 heteroatoms. The Morgan fingerprint density at radius 3 is 3.11 bits per heavy atom. The highest BCUT2D eigenvalue weighted by molar-refractivity contribution is 6.30. The van der Waals surface area contributed by atoms with E-state index in [1.165, 1.54) is 0 Å². The summed E-state index contributed by atoms with van der Waals surface area (Å²) in [5.41, 5.74) is 0.636. The van der Waals surface area contributed by atoms with Crippen molar-refractivity contribution in [3.63, 3.8) is 0 Å². The van der Waals surface area contributed by atoms with E-state index in [9.17, 15) is 4.79 Å². The molecule has 0 saturated carbocycles. The van der Waals surface area contributed by atoms with Crippen LogP contribution in [0.5, 0.6) is 0 Å². The third kappa shape index (κ3) is 3.22. The van der Waals surface area contributed by atoms with Crippen molar-refractivity contribution in [1.29, 1.82) is 0 Å². The molecule has 2 N–H and O–H groups in total. The van der Waals surface area contributed by atoms with Gasteiger partial charge in [-0.15, -0.1) is 0 Å². The molecule has 1 aliphatic rings. The van der Waals surface area contributed by atoms with Gasteiger partial charge in [0.25, 0.3) is 5.91 Å². The fourth-order valence-corrected chi connectivity index (χ4v) is 2.52. The molecule has 1 unspecified atom stereocenters. The average molecular weight is 269 g/mol. The third-order valence-electron chi connectivity index (χ3n) is 3.21. The maximum Gasteiger partial charge on any atom is 0.253 e. The summed E-state index contributed by atoms with van der Waals surface area (Å²) in [4.78, 5) is 18.8. The van der Waals surface area contributed by atoms with Crippen LogP contribution in [0.4, 0.5) is 0 Å². The van der Waals surface area contributed by atoms with Crippen molar-refractivity contribution in [1.82, 2.24) is 4.90 Å². The van der Waals surface area contributed by atoms with Gasteiger partial charge < -0.3 is 9.74 Å². The van der Waals surface area contributed by atoms with Crippen LogP contribution >= 0.6 is 11.6 Å². The molecule has 1 saturated heterocycles. The minimum Gasteiger partial charge on any atom is -0.338 e. The largest absolute Gasteiger partial charge is 0.338 e. The highest BCUT2D eigenvalue weighted by Gasteiger charge is 2.24. The Bertz CT molecular complexity index is 423. The van der Waals surface area contributed by atoms with E-state index >= 15 is 0 Å². The average Bonchev–Trinajstić information content (AvgIpc) is 2.39. The number of amides is 1. The molecule has 0 radical (unpaired) electrons. The number of rotatable bonds is 3. The van der Waals surface area contributed by atoms with Crippen LogP contribution in [0, 0.1) is 5.92 Å². The molecule has 0 spiro atoms. The van der Waals surface area contributed by atoms with Gasteiger partial charge in [0.15, 0.2) is 0 Å². The van der Waals surface area contributed by atoms with Crippen molar-refractivity contribution >= 4 is 17.5 Å². The number of hydrogen-bond acceptors (Lipinski definition) is 3. The lowest BCUT2D eigenvalue weighted by Gasteiger charge is -2.32. The summed E-state index contributed by atoms with van der Waals surface area (Å²) in [5, 5.41) is 0.583. The lowest BCUT2D eigenvalue weighted by atomic mass is 9.98. The van der Waals surface area contributed by atoms with Crippen molar-refractivity contribution in [2.75, 3.05) is 19.7 Å². The number of hydrogen-bond donors (Lipinski definition) is 1. The Hall–Kier alpha value is -1.10. The highest BCUT2D eigenvalue weighted by atomic mass is 35.5. The molecule has 0 aliphatic carbocycles. The number of halogens is 1. The second kappa shape index (κ2) is 6.18. The Kier molecular flexibility index (Phi) is 4.58. The van der Waals surface area contributed by atoms with E-state index in [4.69, 9.17) is 17.5 Å². The number of benzene rings is 1. The van der Waals surface area contributed by atoms with Crippen molar-refractivity contribution < 1.29 is 9.63 Å². The number of nitrogens with two attached hydrogens (primary N) is 1. The van der Waals surface area contributed by atoms with Gasteiger partial charge in [0, 0.05) is 29.6 Å². The monoisotopic (exact) mass is 268 g/mol. The molecule has 1 aromatic rings. The van der Waals surface area contributed by atoms with Crippen LogP contribution in [0.15, 0.2) is 24.3 Å². The summed E-state index contributed by atoms with van der Waals surface area (Å²) in [6.07, 6.45) is 2.04. The van der Waals surface area contributed by atoms with Gasteiger partial charge in [0.1, 0.15) is 0 Å². The molecule has 98 valence electrons. The smallest absolute Gasteiger partial charge is 0.253 e. The van der Waals surface area contributed by atoms with Gasteiger partial charge >= 0.3 is 0 Å². The Morgan fingerprint density at radius 1 is 1.56 bits per heavy atom. The van der Waals surface area contributed by atoms with Crippen LogP contribution in [0.1, 0.15) is 23.2 Å². The molecule has 1 heterocycles. The fourth-order valence-electron chi connectivity index (χ4n) is 2.33. The molecule has 0 bridgehead atoms. The molecule has 1 aliphatic heterocycles. The Morgan fingerprint density at radius 2 is 2.39 bits per heavy atom. The zero-order valence-electron chi connectivity index (χ0n) is 10.1. The van der Waals surface area contributed by atoms with Crippen LogP contribution < -0.4 is 5.90 Å². The summed E-state index contributed by atoms with van der Waals surface area (Å²) in [7, 11) is 0. The number of piperidine rings is 1. The van der Waals surface area contributed by atoms with Crippen LogP contribution in [0.25, 0.3) is 0 Å². The predicted molar refractivity (Wildman–Crippen MR) is 70.2 cm³/mol. The van der Waals surface area contributed by atoms with Gasteiger partial charge in [-0.05, 0) is 31.0 Å². The fraction of sp³-hybridized carbons (Fsp3) is 0.462. The van der Waals surface area contributed by atoms with Gasteiger partial charge in [-0.3, -0.25) is 4.79 Å². The summed E-state index contributed by atoms with van der Waals surface area (Å²) < 4.78 is 0. The predicted octanol–water partition coefficient (Wildman–Crippen LogP) is 2.08. The molecule has 1 fully saturated rings. The lowest BCUT2D eigenvalue weighted by Crippen LogP contribution is -2.41. The van der Waals surface area contributed by atoms with E-state index in [2.05, 4.69) is 4.84 Å². The Balaban J connectivity index is 2.04. The number of carbonyl (C=O) groups excluding carboxylic acids is 1. The SMILES string of the molecule is NOCC1CCCN(C(=O)c2cccc(Cl)c2)C1. The van der Waals surface area contributed by atoms with Crippen LogP contribution in [0.3, 0.4) is 0 Å². The van der Waals surface area contributed by atoms with E-state index in [1.807, 2.05) is 4.90 Å². The zero-order chi connectivity index (χ0) is 13.0. The summed E-state index contributed by atoms with van der Waals surface area (Å²) in [5.74, 6) is 5.44. The van der Waals surface area contributed by atoms with Crippen molar-refractivity contribution in [2.45, 2.75) is 12.8 Å². The maximum absolute atomic E-state index is 12.3. The number of carbonyl (C=O) groups is 1. The summed E-state index contributed by atoms with van der Waals surface area (Å²) in [6, 6.07) is 7.05. The molecule has 18 heavy (non-hydrogen) atoms. The maximum atomic E-state index is 12.3. The zero-order valence-corrected chi connectivity index (χ0v) is 10.9. The topological polar surface area (TPSA) is 55.6 Å². The minimum atomic E-state index is 0.0271. The molecule has 0 aromatic heterocycles. The molecular formula is C13H17ClN2O2. The van der Waals surface area contributed by atoms with E-state index in [-0.39, 0.29) is 5.91 Å². The lowest BCUT2D eigenvalue weighted by molar-refractivity contribution is 0.0472. The van der Waals surface area contributed by atoms with Crippen molar-refractivity contribution in [3.05, 3.63) is 34.9 Å². The molecule has 1 aromatic carbocycles. The van der Waals surface area contributed by atoms with Crippen LogP contribution in [0.2, 0.25) is 5.02 Å². The van der Waals surface area contributed by atoms with Crippen molar-refractivity contribution in [2.24, 2.45) is 11.8 Å². The minimum absolute atomic E-state index is 0.0271. The molecule has 1 atom stereocenters. The number of nitrogens with zero attached hydrogens (tertiary/aromatic N) is 1.